The van der Waals surface area contributed by atoms with Gasteiger partial charge in [-0.3, -0.25) is 20.4 Å². The number of hydrazine groups is 1. The summed E-state index contributed by atoms with van der Waals surface area (Å²) in [5.74, 6) is -0.460. The first-order valence-electron chi connectivity index (χ1n) is 7.42. The Kier molecular flexibility index (Phi) is 4.38. The van der Waals surface area contributed by atoms with E-state index in [2.05, 4.69) is 10.9 Å². The van der Waals surface area contributed by atoms with Crippen molar-refractivity contribution in [2.45, 2.75) is 30.9 Å². The highest BCUT2D eigenvalue weighted by molar-refractivity contribution is 8.04. The summed E-state index contributed by atoms with van der Waals surface area (Å²) in [5, 5.41) is 10.1. The topological polar surface area (TPSA) is 78.4 Å². The fourth-order valence-electron chi connectivity index (χ4n) is 2.90. The SMILES string of the molecule is O=C(NNC(=O)c1ccccc1O)C1=C[C@@H]2CCCC[C@H]2S1. The molecule has 1 aromatic carbocycles. The van der Waals surface area contributed by atoms with Crippen molar-refractivity contribution in [3.63, 3.8) is 0 Å². The van der Waals surface area contributed by atoms with E-state index in [1.807, 2.05) is 6.08 Å². The molecule has 0 spiro atoms. The van der Waals surface area contributed by atoms with Crippen molar-refractivity contribution in [3.8, 4) is 5.75 Å². The molecule has 1 saturated carbocycles. The zero-order valence-corrected chi connectivity index (χ0v) is 12.9. The molecule has 2 atom stereocenters. The Balaban J connectivity index is 1.57. The van der Waals surface area contributed by atoms with Gasteiger partial charge < -0.3 is 5.11 Å². The molecule has 3 N–H and O–H groups in total. The molecular formula is C16H18N2O3S. The first-order valence-corrected chi connectivity index (χ1v) is 8.30. The number of hydrogen-bond acceptors (Lipinski definition) is 4. The molecule has 1 fully saturated rings. The van der Waals surface area contributed by atoms with E-state index in [0.717, 1.165) is 12.8 Å². The Morgan fingerprint density at radius 3 is 2.59 bits per heavy atom. The minimum absolute atomic E-state index is 0.116. The van der Waals surface area contributed by atoms with Gasteiger partial charge in [0.2, 0.25) is 0 Å². The van der Waals surface area contributed by atoms with Crippen LogP contribution in [0, 0.1) is 5.92 Å². The van der Waals surface area contributed by atoms with Crippen molar-refractivity contribution < 1.29 is 14.7 Å². The molecule has 0 unspecified atom stereocenters. The Labute approximate surface area is 133 Å². The lowest BCUT2D eigenvalue weighted by atomic mass is 9.89. The molecule has 0 radical (unpaired) electrons. The Bertz CT molecular complexity index is 630. The number of thioether (sulfide) groups is 1. The van der Waals surface area contributed by atoms with Gasteiger partial charge in [0, 0.05) is 5.25 Å². The van der Waals surface area contributed by atoms with Crippen molar-refractivity contribution in [2.24, 2.45) is 5.92 Å². The second-order valence-electron chi connectivity index (χ2n) is 5.56. The third-order valence-corrected chi connectivity index (χ3v) is 5.52. The molecule has 0 saturated heterocycles. The number of para-hydroxylation sites is 1. The summed E-state index contributed by atoms with van der Waals surface area (Å²) in [6.45, 7) is 0. The zero-order chi connectivity index (χ0) is 15.5. The molecule has 0 aromatic heterocycles. The molecule has 22 heavy (non-hydrogen) atoms. The summed E-state index contributed by atoms with van der Waals surface area (Å²) < 4.78 is 0. The molecule has 6 heteroatoms. The molecule has 1 aliphatic carbocycles. The number of carbonyl (C=O) groups excluding carboxylic acids is 2. The van der Waals surface area contributed by atoms with Crippen molar-refractivity contribution in [2.75, 3.05) is 0 Å². The van der Waals surface area contributed by atoms with Crippen LogP contribution >= 0.6 is 11.8 Å². The highest BCUT2D eigenvalue weighted by atomic mass is 32.2. The van der Waals surface area contributed by atoms with Gasteiger partial charge in [0.15, 0.2) is 0 Å². The van der Waals surface area contributed by atoms with Gasteiger partial charge >= 0.3 is 0 Å². The summed E-state index contributed by atoms with van der Waals surface area (Å²) in [6, 6.07) is 6.20. The highest BCUT2D eigenvalue weighted by Crippen LogP contribution is 2.44. The van der Waals surface area contributed by atoms with Gasteiger partial charge in [-0.25, -0.2) is 0 Å². The van der Waals surface area contributed by atoms with E-state index in [0.29, 0.717) is 16.1 Å². The van der Waals surface area contributed by atoms with Crippen LogP contribution in [0.1, 0.15) is 36.0 Å². The molecule has 1 aromatic rings. The molecule has 116 valence electrons. The van der Waals surface area contributed by atoms with Crippen LogP contribution in [0.4, 0.5) is 0 Å². The van der Waals surface area contributed by atoms with Gasteiger partial charge in [0.25, 0.3) is 11.8 Å². The van der Waals surface area contributed by atoms with Crippen LogP contribution in [0.3, 0.4) is 0 Å². The largest absolute Gasteiger partial charge is 0.507 e. The Morgan fingerprint density at radius 2 is 1.82 bits per heavy atom. The number of nitrogens with one attached hydrogen (secondary N) is 2. The molecule has 1 aliphatic heterocycles. The number of fused-ring (bicyclic) bond motifs is 1. The fraction of sp³-hybridized carbons (Fsp3) is 0.375. The Morgan fingerprint density at radius 1 is 1.09 bits per heavy atom. The summed E-state index contributed by atoms with van der Waals surface area (Å²) in [6.07, 6.45) is 6.75. The predicted octanol–water partition coefficient (Wildman–Crippen LogP) is 2.34. The monoisotopic (exact) mass is 318 g/mol. The number of rotatable bonds is 2. The van der Waals surface area contributed by atoms with Crippen molar-refractivity contribution >= 4 is 23.6 Å². The van der Waals surface area contributed by atoms with Crippen LogP contribution in [-0.4, -0.2) is 22.2 Å². The van der Waals surface area contributed by atoms with E-state index in [4.69, 9.17) is 0 Å². The van der Waals surface area contributed by atoms with Crippen molar-refractivity contribution in [1.29, 1.82) is 0 Å². The minimum atomic E-state index is -0.535. The number of amides is 2. The lowest BCUT2D eigenvalue weighted by molar-refractivity contribution is -0.117. The quantitative estimate of drug-likeness (QED) is 0.731. The maximum Gasteiger partial charge on any atom is 0.275 e. The number of aromatic hydroxyl groups is 1. The third-order valence-electron chi connectivity index (χ3n) is 4.06. The fourth-order valence-corrected chi connectivity index (χ4v) is 4.31. The average molecular weight is 318 g/mol. The molecule has 0 bridgehead atoms. The maximum absolute atomic E-state index is 12.1. The summed E-state index contributed by atoms with van der Waals surface area (Å²) in [5.41, 5.74) is 4.90. The summed E-state index contributed by atoms with van der Waals surface area (Å²) in [7, 11) is 0. The lowest BCUT2D eigenvalue weighted by Gasteiger charge is -2.23. The van der Waals surface area contributed by atoms with E-state index in [1.54, 1.807) is 23.9 Å². The average Bonchev–Trinajstić information content (AvgIpc) is 2.97. The second kappa shape index (κ2) is 6.44. The smallest absolute Gasteiger partial charge is 0.275 e. The van der Waals surface area contributed by atoms with Crippen LogP contribution in [0.5, 0.6) is 5.75 Å². The van der Waals surface area contributed by atoms with E-state index in [-0.39, 0.29) is 17.2 Å². The van der Waals surface area contributed by atoms with Gasteiger partial charge in [-0.1, -0.05) is 31.1 Å². The van der Waals surface area contributed by atoms with Gasteiger partial charge in [-0.05, 0) is 30.9 Å². The number of benzene rings is 1. The molecule has 1 heterocycles. The van der Waals surface area contributed by atoms with Gasteiger partial charge in [-0.15, -0.1) is 11.8 Å². The molecule has 3 rings (SSSR count). The van der Waals surface area contributed by atoms with Gasteiger partial charge in [-0.2, -0.15) is 0 Å². The normalized spacial score (nSPS) is 23.4. The van der Waals surface area contributed by atoms with Crippen molar-refractivity contribution in [3.05, 3.63) is 40.8 Å². The van der Waals surface area contributed by atoms with E-state index < -0.39 is 5.91 Å². The second-order valence-corrected chi connectivity index (χ2v) is 6.84. The predicted molar refractivity (Wildman–Crippen MR) is 85.1 cm³/mol. The number of hydrogen-bond donors (Lipinski definition) is 3. The number of allylic oxidation sites excluding steroid dienone is 1. The van der Waals surface area contributed by atoms with Crippen LogP contribution < -0.4 is 10.9 Å². The minimum Gasteiger partial charge on any atom is -0.507 e. The summed E-state index contributed by atoms with van der Waals surface area (Å²) >= 11 is 1.60. The van der Waals surface area contributed by atoms with Gasteiger partial charge in [0.1, 0.15) is 5.75 Å². The zero-order valence-electron chi connectivity index (χ0n) is 12.0. The number of carbonyl (C=O) groups is 2. The number of phenolic OH excluding ortho intramolecular Hbond substituents is 1. The van der Waals surface area contributed by atoms with Gasteiger partial charge in [0.05, 0.1) is 10.5 Å². The molecule has 5 nitrogen and oxygen atoms in total. The van der Waals surface area contributed by atoms with Crippen molar-refractivity contribution in [1.82, 2.24) is 10.9 Å². The van der Waals surface area contributed by atoms with E-state index >= 15 is 0 Å². The highest BCUT2D eigenvalue weighted by Gasteiger charge is 2.33. The third kappa shape index (κ3) is 3.11. The molecule has 2 aliphatic rings. The Hall–Kier alpha value is -1.95. The molecule has 2 amide bonds. The van der Waals surface area contributed by atoms with E-state index in [9.17, 15) is 14.7 Å². The maximum atomic E-state index is 12.1. The van der Waals surface area contributed by atoms with Crippen LogP contribution in [0.2, 0.25) is 0 Å². The van der Waals surface area contributed by atoms with Crippen LogP contribution in [-0.2, 0) is 4.79 Å². The number of phenols is 1. The standard InChI is InChI=1S/C16H18N2O3S/c19-12-7-3-2-6-11(12)15(20)17-18-16(21)14-9-10-5-1-4-8-13(10)22-14/h2-3,6-7,9-10,13,19H,1,4-5,8H2,(H,17,20)(H,18,21)/t10-,13+/m0/s1. The lowest BCUT2D eigenvalue weighted by Crippen LogP contribution is -2.41. The molecular weight excluding hydrogens is 300 g/mol. The first kappa shape index (κ1) is 15.0. The van der Waals surface area contributed by atoms with E-state index in [1.165, 1.54) is 25.0 Å². The first-order chi connectivity index (χ1) is 10.6. The van der Waals surface area contributed by atoms with Crippen LogP contribution in [0.25, 0.3) is 0 Å². The van der Waals surface area contributed by atoms with Crippen LogP contribution in [0.15, 0.2) is 35.2 Å². The summed E-state index contributed by atoms with van der Waals surface area (Å²) in [4.78, 5) is 24.7.